The Morgan fingerprint density at radius 3 is 3.27 bits per heavy atom. The maximum absolute atomic E-state index is 10.7. The summed E-state index contributed by atoms with van der Waals surface area (Å²) in [6.45, 7) is 0.700. The van der Waals surface area contributed by atoms with Gasteiger partial charge in [0.1, 0.15) is 6.61 Å². The average molecular weight is 209 g/mol. The summed E-state index contributed by atoms with van der Waals surface area (Å²) in [5.74, 6) is 0.362. The van der Waals surface area contributed by atoms with E-state index in [9.17, 15) is 4.79 Å². The van der Waals surface area contributed by atoms with Crippen molar-refractivity contribution in [3.05, 3.63) is 18.3 Å². The number of anilines is 1. The van der Waals surface area contributed by atoms with Crippen LogP contribution in [0.15, 0.2) is 18.3 Å². The third-order valence-corrected chi connectivity index (χ3v) is 1.95. The Morgan fingerprint density at radius 2 is 2.60 bits per heavy atom. The lowest BCUT2D eigenvalue weighted by Crippen LogP contribution is -2.22. The normalized spacial score (nSPS) is 19.5. The Morgan fingerprint density at radius 1 is 1.73 bits per heavy atom. The van der Waals surface area contributed by atoms with Crippen molar-refractivity contribution in [1.82, 2.24) is 10.3 Å². The number of carbonyl (C=O) groups excluding carboxylic acids is 1. The number of nitrogen functional groups attached to an aromatic ring is 1. The highest BCUT2D eigenvalue weighted by Crippen LogP contribution is 2.16. The van der Waals surface area contributed by atoms with Crippen LogP contribution in [0.25, 0.3) is 0 Å². The molecule has 2 rings (SSSR count). The van der Waals surface area contributed by atoms with Crippen LogP contribution in [-0.4, -0.2) is 30.3 Å². The molecule has 1 aliphatic heterocycles. The molecular formula is C9H11N3O3. The first-order chi connectivity index (χ1) is 7.25. The van der Waals surface area contributed by atoms with E-state index in [1.165, 1.54) is 0 Å². The van der Waals surface area contributed by atoms with Gasteiger partial charge in [-0.3, -0.25) is 0 Å². The molecule has 1 aromatic heterocycles. The van der Waals surface area contributed by atoms with E-state index in [1.54, 1.807) is 18.3 Å². The Balaban J connectivity index is 1.88. The molecule has 1 amide bonds. The molecule has 3 N–H and O–H groups in total. The highest BCUT2D eigenvalue weighted by atomic mass is 16.6. The van der Waals surface area contributed by atoms with E-state index in [4.69, 9.17) is 15.2 Å². The number of nitrogens with zero attached hydrogens (tertiary/aromatic N) is 1. The number of cyclic esters (lactones) is 1. The van der Waals surface area contributed by atoms with Crippen LogP contribution in [0, 0.1) is 0 Å². The van der Waals surface area contributed by atoms with Crippen molar-refractivity contribution in [3.63, 3.8) is 0 Å². The fourth-order valence-electron chi connectivity index (χ4n) is 1.22. The quantitative estimate of drug-likeness (QED) is 0.740. The first-order valence-electron chi connectivity index (χ1n) is 4.53. The first kappa shape index (κ1) is 9.57. The Labute approximate surface area is 86.4 Å². The van der Waals surface area contributed by atoms with Crippen molar-refractivity contribution in [3.8, 4) is 5.88 Å². The van der Waals surface area contributed by atoms with Gasteiger partial charge in [-0.1, -0.05) is 0 Å². The highest BCUT2D eigenvalue weighted by Gasteiger charge is 2.23. The summed E-state index contributed by atoms with van der Waals surface area (Å²) < 4.78 is 10.2. The molecular weight excluding hydrogens is 198 g/mol. The molecule has 1 atom stereocenters. The molecule has 0 bridgehead atoms. The molecule has 1 aliphatic rings. The lowest BCUT2D eigenvalue weighted by molar-refractivity contribution is 0.103. The number of ether oxygens (including phenoxy) is 2. The van der Waals surface area contributed by atoms with E-state index < -0.39 is 6.09 Å². The third-order valence-electron chi connectivity index (χ3n) is 1.95. The number of nitrogens with two attached hydrogens (primary N) is 1. The van der Waals surface area contributed by atoms with E-state index in [0.717, 1.165) is 0 Å². The van der Waals surface area contributed by atoms with Gasteiger partial charge in [0.25, 0.3) is 0 Å². The van der Waals surface area contributed by atoms with E-state index in [1.807, 2.05) is 0 Å². The Bertz CT molecular complexity index is 369. The summed E-state index contributed by atoms with van der Waals surface area (Å²) in [6, 6.07) is 3.42. The van der Waals surface area contributed by atoms with Crippen LogP contribution in [0.1, 0.15) is 0 Å². The van der Waals surface area contributed by atoms with Crippen molar-refractivity contribution in [2.75, 3.05) is 18.9 Å². The molecule has 0 spiro atoms. The van der Waals surface area contributed by atoms with Crippen molar-refractivity contribution < 1.29 is 14.3 Å². The monoisotopic (exact) mass is 209 g/mol. The van der Waals surface area contributed by atoms with Crippen LogP contribution in [0.2, 0.25) is 0 Å². The summed E-state index contributed by atoms with van der Waals surface area (Å²) in [6.07, 6.45) is 0.890. The maximum atomic E-state index is 10.7. The van der Waals surface area contributed by atoms with Gasteiger partial charge in [-0.25, -0.2) is 9.78 Å². The van der Waals surface area contributed by atoms with Gasteiger partial charge in [-0.15, -0.1) is 0 Å². The fourth-order valence-corrected chi connectivity index (χ4v) is 1.22. The molecule has 80 valence electrons. The van der Waals surface area contributed by atoms with Crippen LogP contribution >= 0.6 is 0 Å². The number of hydrogen-bond donors (Lipinski definition) is 2. The summed E-state index contributed by atoms with van der Waals surface area (Å²) in [4.78, 5) is 14.7. The molecule has 1 saturated heterocycles. The van der Waals surface area contributed by atoms with Gasteiger partial charge in [0.05, 0.1) is 12.2 Å². The van der Waals surface area contributed by atoms with Gasteiger partial charge >= 0.3 is 6.09 Å². The zero-order valence-electron chi connectivity index (χ0n) is 7.97. The van der Waals surface area contributed by atoms with Crippen LogP contribution < -0.4 is 15.8 Å². The molecule has 1 aromatic rings. The number of aromatic nitrogens is 1. The van der Waals surface area contributed by atoms with Gasteiger partial charge in [-0.2, -0.15) is 0 Å². The summed E-state index contributed by atoms with van der Waals surface area (Å²) >= 11 is 0. The van der Waals surface area contributed by atoms with Gasteiger partial charge in [0.15, 0.2) is 6.10 Å². The van der Waals surface area contributed by atoms with Gasteiger partial charge < -0.3 is 20.5 Å². The van der Waals surface area contributed by atoms with Crippen LogP contribution in [0.5, 0.6) is 5.88 Å². The maximum Gasteiger partial charge on any atom is 0.407 e. The topological polar surface area (TPSA) is 86.5 Å². The molecule has 1 fully saturated rings. The van der Waals surface area contributed by atoms with Crippen molar-refractivity contribution in [2.24, 2.45) is 0 Å². The molecule has 6 nitrogen and oxygen atoms in total. The van der Waals surface area contributed by atoms with Crippen LogP contribution in [0.4, 0.5) is 10.5 Å². The van der Waals surface area contributed by atoms with E-state index in [2.05, 4.69) is 10.3 Å². The summed E-state index contributed by atoms with van der Waals surface area (Å²) in [7, 11) is 0. The second kappa shape index (κ2) is 4.04. The molecule has 15 heavy (non-hydrogen) atoms. The predicted molar refractivity (Wildman–Crippen MR) is 52.4 cm³/mol. The largest absolute Gasteiger partial charge is 0.472 e. The number of rotatable bonds is 3. The van der Waals surface area contributed by atoms with E-state index in [-0.39, 0.29) is 12.7 Å². The minimum atomic E-state index is -0.419. The van der Waals surface area contributed by atoms with Gasteiger partial charge in [-0.05, 0) is 12.1 Å². The van der Waals surface area contributed by atoms with Crippen LogP contribution in [0.3, 0.4) is 0 Å². The zero-order chi connectivity index (χ0) is 10.7. The number of pyridine rings is 1. The minimum Gasteiger partial charge on any atom is -0.472 e. The Kier molecular flexibility index (Phi) is 2.57. The lowest BCUT2D eigenvalue weighted by atomic mass is 10.4. The fraction of sp³-hybridized carbons (Fsp3) is 0.333. The SMILES string of the molecule is Nc1cccnc1OCC1CNC(=O)O1. The number of hydrogen-bond acceptors (Lipinski definition) is 5. The minimum absolute atomic E-state index is 0.250. The number of carbonyl (C=O) groups is 1. The Hall–Kier alpha value is -1.98. The number of alkyl carbamates (subject to hydrolysis) is 1. The molecule has 1 unspecified atom stereocenters. The van der Waals surface area contributed by atoms with Crippen molar-refractivity contribution in [2.45, 2.75) is 6.10 Å². The van der Waals surface area contributed by atoms with E-state index >= 15 is 0 Å². The average Bonchev–Trinajstić information content (AvgIpc) is 2.63. The standard InChI is InChI=1S/C9H11N3O3/c10-7-2-1-3-11-8(7)14-5-6-4-12-9(13)15-6/h1-3,6H,4-5,10H2,(H,12,13). The third kappa shape index (κ3) is 2.28. The molecule has 0 radical (unpaired) electrons. The highest BCUT2D eigenvalue weighted by molar-refractivity contribution is 5.69. The summed E-state index contributed by atoms with van der Waals surface area (Å²) in [5.41, 5.74) is 6.09. The zero-order valence-corrected chi connectivity index (χ0v) is 7.97. The van der Waals surface area contributed by atoms with Gasteiger partial charge in [0, 0.05) is 6.20 Å². The van der Waals surface area contributed by atoms with Crippen LogP contribution in [-0.2, 0) is 4.74 Å². The second-order valence-electron chi connectivity index (χ2n) is 3.12. The summed E-state index contributed by atoms with van der Waals surface area (Å²) in [5, 5.41) is 2.53. The lowest BCUT2D eigenvalue weighted by Gasteiger charge is -2.10. The van der Waals surface area contributed by atoms with Gasteiger partial charge in [0.2, 0.25) is 5.88 Å². The number of nitrogens with one attached hydrogen (secondary N) is 1. The molecule has 0 aliphatic carbocycles. The van der Waals surface area contributed by atoms with E-state index in [0.29, 0.717) is 18.1 Å². The first-order valence-corrected chi connectivity index (χ1v) is 4.53. The number of amides is 1. The molecule has 6 heteroatoms. The smallest absolute Gasteiger partial charge is 0.407 e. The molecule has 0 saturated carbocycles. The van der Waals surface area contributed by atoms with Crippen molar-refractivity contribution in [1.29, 1.82) is 0 Å². The predicted octanol–water partition coefficient (Wildman–Crippen LogP) is 0.151. The molecule has 0 aromatic carbocycles. The molecule has 2 heterocycles. The second-order valence-corrected chi connectivity index (χ2v) is 3.12. The van der Waals surface area contributed by atoms with Crippen molar-refractivity contribution >= 4 is 11.8 Å².